The van der Waals surface area contributed by atoms with Gasteiger partial charge in [-0.25, -0.2) is 0 Å². The number of carbonyl (C=O) groups is 2. The summed E-state index contributed by atoms with van der Waals surface area (Å²) in [6.07, 6.45) is -0.744. The molecule has 1 saturated heterocycles. The second kappa shape index (κ2) is 9.19. The van der Waals surface area contributed by atoms with Crippen LogP contribution in [-0.4, -0.2) is 57.8 Å². The van der Waals surface area contributed by atoms with E-state index in [0.717, 1.165) is 6.42 Å². The van der Waals surface area contributed by atoms with Crippen molar-refractivity contribution in [1.29, 1.82) is 0 Å². The van der Waals surface area contributed by atoms with E-state index < -0.39 is 30.9 Å². The van der Waals surface area contributed by atoms with Crippen LogP contribution in [0.15, 0.2) is 0 Å². The van der Waals surface area contributed by atoms with E-state index in [1.54, 1.807) is 6.92 Å². The van der Waals surface area contributed by atoms with Crippen molar-refractivity contribution in [3.8, 4) is 0 Å². The zero-order valence-corrected chi connectivity index (χ0v) is 13.1. The van der Waals surface area contributed by atoms with E-state index in [-0.39, 0.29) is 30.8 Å². The number of Topliss-reactive ketones (excluding diaryl/α,β-unsaturated/α-hetero) is 1. The third kappa shape index (κ3) is 6.83. The first-order valence-electron chi connectivity index (χ1n) is 7.70. The Balaban J connectivity index is 2.19. The molecule has 0 saturated carbocycles. The molecule has 0 aromatic heterocycles. The van der Waals surface area contributed by atoms with Gasteiger partial charge in [-0.15, -0.1) is 0 Å². The second-order valence-corrected chi connectivity index (χ2v) is 5.88. The molecule has 0 radical (unpaired) electrons. The van der Waals surface area contributed by atoms with E-state index in [4.69, 9.17) is 14.6 Å². The van der Waals surface area contributed by atoms with Gasteiger partial charge in [0, 0.05) is 12.8 Å². The fraction of sp³-hybridized carbons (Fsp3) is 0.867. The number of aliphatic carboxylic acids is 1. The number of unbranched alkanes of at least 4 members (excludes halogenated alkanes) is 1. The Morgan fingerprint density at radius 3 is 2.59 bits per heavy atom. The molecule has 5 atom stereocenters. The van der Waals surface area contributed by atoms with Crippen LogP contribution in [0.3, 0.4) is 0 Å². The van der Waals surface area contributed by atoms with Crippen LogP contribution in [0, 0.1) is 0 Å². The summed E-state index contributed by atoms with van der Waals surface area (Å²) in [5.74, 6) is -1.36. The molecule has 1 fully saturated rings. The summed E-state index contributed by atoms with van der Waals surface area (Å²) in [6.45, 7) is 3.58. The molecular weight excluding hydrogens is 292 g/mol. The van der Waals surface area contributed by atoms with E-state index >= 15 is 0 Å². The Morgan fingerprint density at radius 1 is 1.27 bits per heavy atom. The van der Waals surface area contributed by atoms with Gasteiger partial charge in [0.25, 0.3) is 0 Å². The summed E-state index contributed by atoms with van der Waals surface area (Å²) in [5.41, 5.74) is 0. The lowest BCUT2D eigenvalue weighted by atomic mass is 10.0. The molecule has 128 valence electrons. The maximum Gasteiger partial charge on any atom is 0.310 e. The van der Waals surface area contributed by atoms with Gasteiger partial charge in [-0.2, -0.15) is 0 Å². The Morgan fingerprint density at radius 2 is 1.95 bits per heavy atom. The van der Waals surface area contributed by atoms with Crippen molar-refractivity contribution >= 4 is 11.8 Å². The van der Waals surface area contributed by atoms with Crippen LogP contribution >= 0.6 is 0 Å². The molecule has 0 aromatic carbocycles. The Kier molecular flexibility index (Phi) is 7.95. The third-order valence-electron chi connectivity index (χ3n) is 3.72. The van der Waals surface area contributed by atoms with Crippen LogP contribution in [0.1, 0.15) is 52.4 Å². The lowest BCUT2D eigenvalue weighted by Crippen LogP contribution is -2.48. The molecule has 0 aromatic rings. The molecule has 3 N–H and O–H groups in total. The molecule has 0 aliphatic carbocycles. The second-order valence-electron chi connectivity index (χ2n) is 5.88. The fourth-order valence-corrected chi connectivity index (χ4v) is 2.37. The van der Waals surface area contributed by atoms with Crippen molar-refractivity contribution in [2.75, 3.05) is 0 Å². The lowest BCUT2D eigenvalue weighted by molar-refractivity contribution is -0.273. The number of carboxylic acids is 1. The maximum absolute atomic E-state index is 11.2. The summed E-state index contributed by atoms with van der Waals surface area (Å²) in [7, 11) is 0. The highest BCUT2D eigenvalue weighted by molar-refractivity contribution is 5.94. The first-order valence-corrected chi connectivity index (χ1v) is 7.70. The van der Waals surface area contributed by atoms with Crippen LogP contribution in [0.4, 0.5) is 0 Å². The van der Waals surface area contributed by atoms with Gasteiger partial charge in [-0.3, -0.25) is 9.59 Å². The van der Waals surface area contributed by atoms with Gasteiger partial charge in [0.15, 0.2) is 6.29 Å². The van der Waals surface area contributed by atoms with Gasteiger partial charge in [0.1, 0.15) is 18.3 Å². The number of carboxylic acid groups (broad SMARTS) is 1. The average molecular weight is 318 g/mol. The predicted octanol–water partition coefficient (Wildman–Crippen LogP) is 0.852. The molecular formula is C15H26O7. The first-order chi connectivity index (χ1) is 10.3. The topological polar surface area (TPSA) is 113 Å². The quantitative estimate of drug-likeness (QED) is 0.426. The number of carbonyl (C=O) groups excluding carboxylic acids is 1. The summed E-state index contributed by atoms with van der Waals surface area (Å²) in [6, 6.07) is 0. The third-order valence-corrected chi connectivity index (χ3v) is 3.72. The van der Waals surface area contributed by atoms with Gasteiger partial charge < -0.3 is 24.8 Å². The van der Waals surface area contributed by atoms with Crippen LogP contribution in [0.5, 0.6) is 0 Å². The maximum atomic E-state index is 11.2. The normalized spacial score (nSPS) is 30.0. The average Bonchev–Trinajstić information content (AvgIpc) is 2.40. The molecule has 1 heterocycles. The molecule has 1 aliphatic heterocycles. The molecule has 0 spiro atoms. The minimum atomic E-state index is -1.10. The largest absolute Gasteiger partial charge is 0.481 e. The molecule has 1 aliphatic rings. The number of rotatable bonds is 9. The zero-order chi connectivity index (χ0) is 16.7. The van der Waals surface area contributed by atoms with Gasteiger partial charge in [-0.05, 0) is 26.7 Å². The smallest absolute Gasteiger partial charge is 0.310 e. The predicted molar refractivity (Wildman–Crippen MR) is 77.2 cm³/mol. The van der Waals surface area contributed by atoms with Gasteiger partial charge in [0.05, 0.1) is 18.3 Å². The first kappa shape index (κ1) is 19.0. The van der Waals surface area contributed by atoms with Crippen molar-refractivity contribution in [1.82, 2.24) is 0 Å². The van der Waals surface area contributed by atoms with Gasteiger partial charge in [0.2, 0.25) is 0 Å². The number of aliphatic hydroxyl groups excluding tert-OH is 2. The molecule has 22 heavy (non-hydrogen) atoms. The summed E-state index contributed by atoms with van der Waals surface area (Å²) in [4.78, 5) is 21.6. The van der Waals surface area contributed by atoms with Gasteiger partial charge in [-0.1, -0.05) is 6.42 Å². The number of hydrogen-bond donors (Lipinski definition) is 3. The molecule has 0 bridgehead atoms. The zero-order valence-electron chi connectivity index (χ0n) is 13.1. The van der Waals surface area contributed by atoms with E-state index in [9.17, 15) is 19.8 Å². The van der Waals surface area contributed by atoms with E-state index in [1.807, 2.05) is 6.92 Å². The van der Waals surface area contributed by atoms with Crippen LogP contribution < -0.4 is 0 Å². The summed E-state index contributed by atoms with van der Waals surface area (Å²) >= 11 is 0. The minimum absolute atomic E-state index is 0.156. The molecule has 0 unspecified atom stereocenters. The highest BCUT2D eigenvalue weighted by Gasteiger charge is 2.35. The van der Waals surface area contributed by atoms with Crippen LogP contribution in [0.25, 0.3) is 0 Å². The molecule has 7 heteroatoms. The molecule has 7 nitrogen and oxygen atoms in total. The number of ketones is 1. The van der Waals surface area contributed by atoms with E-state index in [0.29, 0.717) is 12.8 Å². The Hall–Kier alpha value is -1.02. The van der Waals surface area contributed by atoms with E-state index in [1.165, 1.54) is 0 Å². The minimum Gasteiger partial charge on any atom is -0.481 e. The molecule has 1 rings (SSSR count). The van der Waals surface area contributed by atoms with Crippen molar-refractivity contribution in [3.63, 3.8) is 0 Å². The Bertz CT molecular complexity index is 371. The van der Waals surface area contributed by atoms with E-state index in [2.05, 4.69) is 0 Å². The number of aliphatic hydroxyl groups is 2. The van der Waals surface area contributed by atoms with Gasteiger partial charge >= 0.3 is 5.97 Å². The standard InChI is InChI=1S/C15H26O7/c1-9(5-3-4-6-11(16)7-14(19)20)21-15-13(18)8-12(17)10(2)22-15/h9-10,12-13,15,17-18H,3-8H2,1-2H3,(H,19,20)/t9-,10+,12-,13-,15-/m1/s1. The number of hydrogen-bond acceptors (Lipinski definition) is 6. The van der Waals surface area contributed by atoms with Crippen molar-refractivity contribution in [2.24, 2.45) is 0 Å². The highest BCUT2D eigenvalue weighted by atomic mass is 16.7. The van der Waals surface area contributed by atoms with Crippen LogP contribution in [-0.2, 0) is 19.1 Å². The lowest BCUT2D eigenvalue weighted by Gasteiger charge is -2.36. The van der Waals surface area contributed by atoms with Crippen molar-refractivity contribution in [3.05, 3.63) is 0 Å². The molecule has 0 amide bonds. The summed E-state index contributed by atoms with van der Waals surface area (Å²) in [5, 5.41) is 27.9. The van der Waals surface area contributed by atoms with Crippen molar-refractivity contribution < 1.29 is 34.4 Å². The SMILES string of the molecule is C[C@H](CCCCC(=O)CC(=O)O)O[C@@H]1O[C@@H](C)[C@H](O)C[C@H]1O. The highest BCUT2D eigenvalue weighted by Crippen LogP contribution is 2.23. The fourth-order valence-electron chi connectivity index (χ4n) is 2.37. The number of ether oxygens (including phenoxy) is 2. The summed E-state index contributed by atoms with van der Waals surface area (Å²) < 4.78 is 11.1. The Labute approximate surface area is 130 Å². The van der Waals surface area contributed by atoms with Crippen LogP contribution in [0.2, 0.25) is 0 Å². The monoisotopic (exact) mass is 318 g/mol. The van der Waals surface area contributed by atoms with Crippen molar-refractivity contribution in [2.45, 2.75) is 83.1 Å².